The lowest BCUT2D eigenvalue weighted by Crippen LogP contribution is -2.13. The zero-order valence-electron chi connectivity index (χ0n) is 10.2. The van der Waals surface area contributed by atoms with E-state index < -0.39 is 0 Å². The number of nitrogens with two attached hydrogens (primary N) is 1. The molecule has 0 aliphatic heterocycles. The molecule has 6 nitrogen and oxygen atoms in total. The highest BCUT2D eigenvalue weighted by Crippen LogP contribution is 2.20. The number of carbonyl (C=O) groups excluding carboxylic acids is 1. The number of aromatic nitrogens is 3. The minimum absolute atomic E-state index is 0.289. The molecular weight excluding hydrogens is 322 g/mol. The fourth-order valence-electron chi connectivity index (χ4n) is 1.83. The van der Waals surface area contributed by atoms with Gasteiger partial charge in [-0.05, 0) is 46.3 Å². The minimum Gasteiger partial charge on any atom is -0.399 e. The van der Waals surface area contributed by atoms with E-state index in [1.807, 2.05) is 0 Å². The number of nitrogens with zero attached hydrogens (tertiary/aromatic N) is 2. The van der Waals surface area contributed by atoms with E-state index in [4.69, 9.17) is 5.73 Å². The quantitative estimate of drug-likeness (QED) is 0.628. The Bertz CT molecular complexity index is 781. The first-order valence-corrected chi connectivity index (χ1v) is 6.59. The third kappa shape index (κ3) is 2.35. The molecule has 0 bridgehead atoms. The van der Waals surface area contributed by atoms with Gasteiger partial charge in [-0.2, -0.15) is 5.10 Å². The summed E-state index contributed by atoms with van der Waals surface area (Å²) in [6.07, 6.45) is 1.61. The predicted octanol–water partition coefficient (Wildman–Crippen LogP) is 2.55. The van der Waals surface area contributed by atoms with E-state index in [1.165, 1.54) is 0 Å². The van der Waals surface area contributed by atoms with Crippen molar-refractivity contribution >= 4 is 44.2 Å². The van der Waals surface area contributed by atoms with E-state index >= 15 is 0 Å². The molecule has 0 radical (unpaired) electrons. The van der Waals surface area contributed by atoms with Crippen LogP contribution < -0.4 is 11.1 Å². The van der Waals surface area contributed by atoms with E-state index in [2.05, 4.69) is 36.4 Å². The highest BCUT2D eigenvalue weighted by Gasteiger charge is 2.14. The summed E-state index contributed by atoms with van der Waals surface area (Å²) in [4.78, 5) is 16.3. The molecular formula is C13H10BrN5O. The van der Waals surface area contributed by atoms with Gasteiger partial charge in [-0.3, -0.25) is 9.89 Å². The Kier molecular flexibility index (Phi) is 3.11. The lowest BCUT2D eigenvalue weighted by atomic mass is 10.2. The highest BCUT2D eigenvalue weighted by molar-refractivity contribution is 9.10. The first-order valence-electron chi connectivity index (χ1n) is 5.80. The number of H-pyrrole nitrogens is 1. The zero-order chi connectivity index (χ0) is 14.1. The molecule has 2 aromatic heterocycles. The largest absolute Gasteiger partial charge is 0.399 e. The van der Waals surface area contributed by atoms with E-state index in [0.29, 0.717) is 16.9 Å². The molecule has 100 valence electrons. The van der Waals surface area contributed by atoms with Crippen LogP contribution in [0.3, 0.4) is 0 Å². The third-order valence-corrected chi connectivity index (χ3v) is 3.24. The third-order valence-electron chi connectivity index (χ3n) is 2.77. The number of aromatic amines is 1. The van der Waals surface area contributed by atoms with Gasteiger partial charge < -0.3 is 11.1 Å². The molecule has 0 spiro atoms. The second-order valence-corrected chi connectivity index (χ2v) is 5.11. The number of hydrogen-bond donors (Lipinski definition) is 3. The number of benzene rings is 1. The molecule has 7 heteroatoms. The Labute approximate surface area is 122 Å². The van der Waals surface area contributed by atoms with Crippen LogP contribution in [0.1, 0.15) is 10.5 Å². The van der Waals surface area contributed by atoms with Crippen molar-refractivity contribution in [3.05, 3.63) is 46.7 Å². The molecule has 0 aliphatic rings. The van der Waals surface area contributed by atoms with Gasteiger partial charge in [0.25, 0.3) is 5.91 Å². The number of amides is 1. The van der Waals surface area contributed by atoms with E-state index in [-0.39, 0.29) is 11.6 Å². The topological polar surface area (TPSA) is 96.7 Å². The van der Waals surface area contributed by atoms with Crippen molar-refractivity contribution < 1.29 is 4.79 Å². The maximum atomic E-state index is 12.2. The molecule has 3 aromatic rings. The first kappa shape index (κ1) is 12.6. The average molecular weight is 332 g/mol. The summed E-state index contributed by atoms with van der Waals surface area (Å²) < 4.78 is 0.841. The van der Waals surface area contributed by atoms with Crippen LogP contribution in [0.5, 0.6) is 0 Å². The number of halogens is 1. The lowest BCUT2D eigenvalue weighted by molar-refractivity contribution is 0.102. The number of hydrogen-bond acceptors (Lipinski definition) is 4. The summed E-state index contributed by atoms with van der Waals surface area (Å²) in [7, 11) is 0. The molecule has 20 heavy (non-hydrogen) atoms. The second kappa shape index (κ2) is 4.93. The van der Waals surface area contributed by atoms with Crippen LogP contribution in [-0.4, -0.2) is 21.1 Å². The van der Waals surface area contributed by atoms with Gasteiger partial charge >= 0.3 is 0 Å². The van der Waals surface area contributed by atoms with Gasteiger partial charge in [0, 0.05) is 21.7 Å². The van der Waals surface area contributed by atoms with Crippen molar-refractivity contribution in [2.45, 2.75) is 0 Å². The number of pyridine rings is 1. The molecule has 4 N–H and O–H groups in total. The van der Waals surface area contributed by atoms with Gasteiger partial charge in [0.2, 0.25) is 0 Å². The normalized spacial score (nSPS) is 10.7. The van der Waals surface area contributed by atoms with Crippen molar-refractivity contribution in [3.8, 4) is 0 Å². The van der Waals surface area contributed by atoms with Crippen LogP contribution in [0.4, 0.5) is 11.5 Å². The van der Waals surface area contributed by atoms with Gasteiger partial charge in [-0.1, -0.05) is 0 Å². The van der Waals surface area contributed by atoms with E-state index in [9.17, 15) is 4.79 Å². The van der Waals surface area contributed by atoms with Crippen molar-refractivity contribution in [1.82, 2.24) is 15.2 Å². The number of carbonyl (C=O) groups is 1. The fraction of sp³-hybridized carbons (Fsp3) is 0. The van der Waals surface area contributed by atoms with E-state index in [1.54, 1.807) is 36.5 Å². The molecule has 0 saturated heterocycles. The van der Waals surface area contributed by atoms with Crippen molar-refractivity contribution in [3.63, 3.8) is 0 Å². The minimum atomic E-state index is -0.336. The van der Waals surface area contributed by atoms with Gasteiger partial charge in [-0.25, -0.2) is 4.98 Å². The molecule has 0 unspecified atom stereocenters. The summed E-state index contributed by atoms with van der Waals surface area (Å²) in [6, 6.07) is 8.74. The Balaban J connectivity index is 1.92. The fourth-order valence-corrected chi connectivity index (χ4v) is 2.06. The Morgan fingerprint density at radius 2 is 2.15 bits per heavy atom. The molecule has 0 aliphatic carbocycles. The Morgan fingerprint density at radius 1 is 1.30 bits per heavy atom. The highest BCUT2D eigenvalue weighted by atomic mass is 79.9. The number of fused-ring (bicyclic) bond motifs is 1. The second-order valence-electron chi connectivity index (χ2n) is 4.19. The molecule has 0 fully saturated rings. The molecule has 1 aromatic carbocycles. The molecule has 1 amide bonds. The monoisotopic (exact) mass is 331 g/mol. The van der Waals surface area contributed by atoms with Crippen LogP contribution >= 0.6 is 15.9 Å². The maximum Gasteiger partial charge on any atom is 0.277 e. The predicted molar refractivity (Wildman–Crippen MR) is 80.4 cm³/mol. The van der Waals surface area contributed by atoms with Gasteiger partial charge in [0.15, 0.2) is 5.69 Å². The number of nitrogen functional groups attached to an aromatic ring is 1. The van der Waals surface area contributed by atoms with Crippen LogP contribution in [0.25, 0.3) is 10.9 Å². The summed E-state index contributed by atoms with van der Waals surface area (Å²) in [6.45, 7) is 0. The number of rotatable bonds is 2. The lowest BCUT2D eigenvalue weighted by Gasteiger charge is -2.02. The van der Waals surface area contributed by atoms with Crippen molar-refractivity contribution in [2.75, 3.05) is 11.1 Å². The molecule has 0 saturated carbocycles. The molecule has 2 heterocycles. The van der Waals surface area contributed by atoms with Gasteiger partial charge in [0.05, 0.1) is 5.52 Å². The van der Waals surface area contributed by atoms with Gasteiger partial charge in [0.1, 0.15) is 5.82 Å². The SMILES string of the molecule is Nc1ccc2[nH]nc(C(=O)Nc3ccc(Br)cn3)c2c1. The number of nitrogens with one attached hydrogen (secondary N) is 2. The molecule has 3 rings (SSSR count). The Morgan fingerprint density at radius 3 is 2.90 bits per heavy atom. The van der Waals surface area contributed by atoms with Gasteiger partial charge in [-0.15, -0.1) is 0 Å². The summed E-state index contributed by atoms with van der Waals surface area (Å²) in [5.74, 6) is 0.120. The van der Waals surface area contributed by atoms with Crippen molar-refractivity contribution in [2.24, 2.45) is 0 Å². The summed E-state index contributed by atoms with van der Waals surface area (Å²) in [5, 5.41) is 10.2. The smallest absolute Gasteiger partial charge is 0.277 e. The van der Waals surface area contributed by atoms with Crippen molar-refractivity contribution in [1.29, 1.82) is 0 Å². The molecule has 0 atom stereocenters. The Hall–Kier alpha value is -2.41. The first-order chi connectivity index (χ1) is 9.63. The van der Waals surface area contributed by atoms with Crippen LogP contribution in [0.2, 0.25) is 0 Å². The number of anilines is 2. The summed E-state index contributed by atoms with van der Waals surface area (Å²) in [5.41, 5.74) is 7.36. The van der Waals surface area contributed by atoms with E-state index in [0.717, 1.165) is 9.99 Å². The standard InChI is InChI=1S/C13H10BrN5O/c14-7-1-4-11(16-6-7)17-13(20)12-9-5-8(15)2-3-10(9)18-19-12/h1-6H,15H2,(H,18,19)(H,16,17,20). The van der Waals surface area contributed by atoms with Crippen LogP contribution in [-0.2, 0) is 0 Å². The maximum absolute atomic E-state index is 12.2. The zero-order valence-corrected chi connectivity index (χ0v) is 11.8. The van der Waals surface area contributed by atoms with Crippen LogP contribution in [0.15, 0.2) is 41.0 Å². The average Bonchev–Trinajstić information content (AvgIpc) is 2.84. The van der Waals surface area contributed by atoms with Crippen LogP contribution in [0, 0.1) is 0 Å². The summed E-state index contributed by atoms with van der Waals surface area (Å²) >= 11 is 3.28.